The minimum atomic E-state index is -0.213. The van der Waals surface area contributed by atoms with Crippen LogP contribution in [0.25, 0.3) is 0 Å². The van der Waals surface area contributed by atoms with E-state index in [9.17, 15) is 9.18 Å². The van der Waals surface area contributed by atoms with Gasteiger partial charge in [0.25, 0.3) is 0 Å². The van der Waals surface area contributed by atoms with Crippen LogP contribution in [0.15, 0.2) is 24.3 Å². The molecule has 2 N–H and O–H groups in total. The van der Waals surface area contributed by atoms with E-state index < -0.39 is 0 Å². The van der Waals surface area contributed by atoms with E-state index in [0.717, 1.165) is 38.0 Å². The standard InChI is InChI=1S/C17H26FN3O/c1-13-11-15(7-8-19-13)17(22)20-9-10-21(2)12-14-3-5-16(18)6-4-14/h3-6,13,15,19H,7-12H2,1-2H3,(H,20,22)/t13-,15-/m0/s1. The number of rotatable bonds is 6. The van der Waals surface area contributed by atoms with E-state index in [4.69, 9.17) is 0 Å². The molecule has 1 amide bonds. The van der Waals surface area contributed by atoms with Gasteiger partial charge in [0.05, 0.1) is 0 Å². The number of hydrogen-bond acceptors (Lipinski definition) is 3. The summed E-state index contributed by atoms with van der Waals surface area (Å²) in [6, 6.07) is 6.96. The van der Waals surface area contributed by atoms with Gasteiger partial charge >= 0.3 is 0 Å². The van der Waals surface area contributed by atoms with Crippen LogP contribution in [0.2, 0.25) is 0 Å². The zero-order chi connectivity index (χ0) is 15.9. The van der Waals surface area contributed by atoms with Crippen molar-refractivity contribution in [3.8, 4) is 0 Å². The van der Waals surface area contributed by atoms with E-state index in [2.05, 4.69) is 22.5 Å². The second kappa shape index (κ2) is 8.25. The van der Waals surface area contributed by atoms with Gasteiger partial charge in [-0.25, -0.2) is 4.39 Å². The minimum absolute atomic E-state index is 0.138. The number of halogens is 1. The van der Waals surface area contributed by atoms with Crippen LogP contribution < -0.4 is 10.6 Å². The first-order valence-electron chi connectivity index (χ1n) is 7.98. The molecule has 1 heterocycles. The molecule has 1 aliphatic heterocycles. The summed E-state index contributed by atoms with van der Waals surface area (Å²) in [4.78, 5) is 14.2. The lowest BCUT2D eigenvalue weighted by molar-refractivity contribution is -0.126. The summed E-state index contributed by atoms with van der Waals surface area (Å²) in [5, 5.41) is 6.39. The number of amides is 1. The number of nitrogens with zero attached hydrogens (tertiary/aromatic N) is 1. The number of hydrogen-bond donors (Lipinski definition) is 2. The Labute approximate surface area is 132 Å². The van der Waals surface area contributed by atoms with E-state index in [-0.39, 0.29) is 17.6 Å². The van der Waals surface area contributed by atoms with Crippen LogP contribution in [-0.4, -0.2) is 43.5 Å². The Bertz CT molecular complexity index is 477. The van der Waals surface area contributed by atoms with Crippen molar-refractivity contribution in [1.29, 1.82) is 0 Å². The number of benzene rings is 1. The Balaban J connectivity index is 1.67. The molecular weight excluding hydrogens is 281 g/mol. The summed E-state index contributed by atoms with van der Waals surface area (Å²) >= 11 is 0. The van der Waals surface area contributed by atoms with Crippen molar-refractivity contribution in [3.05, 3.63) is 35.6 Å². The molecule has 5 heteroatoms. The molecule has 1 aromatic rings. The Kier molecular flexibility index (Phi) is 6.34. The van der Waals surface area contributed by atoms with Gasteiger partial charge < -0.3 is 15.5 Å². The third-order valence-electron chi connectivity index (χ3n) is 4.15. The molecule has 0 saturated carbocycles. The molecule has 0 spiro atoms. The SMILES string of the molecule is C[C@H]1C[C@@H](C(=O)NCCN(C)Cc2ccc(F)cc2)CCN1. The number of nitrogens with one attached hydrogen (secondary N) is 2. The molecule has 1 fully saturated rings. The maximum atomic E-state index is 12.9. The van der Waals surface area contributed by atoms with Crippen LogP contribution in [0.3, 0.4) is 0 Å². The minimum Gasteiger partial charge on any atom is -0.355 e. The Morgan fingerprint density at radius 2 is 2.14 bits per heavy atom. The van der Waals surface area contributed by atoms with E-state index in [1.807, 2.05) is 7.05 Å². The van der Waals surface area contributed by atoms with Crippen molar-refractivity contribution < 1.29 is 9.18 Å². The van der Waals surface area contributed by atoms with Gasteiger partial charge in [-0.3, -0.25) is 4.79 Å². The molecule has 0 aliphatic carbocycles. The molecule has 2 rings (SSSR count). The molecule has 1 aliphatic rings. The zero-order valence-corrected chi connectivity index (χ0v) is 13.4. The highest BCUT2D eigenvalue weighted by Crippen LogP contribution is 2.15. The van der Waals surface area contributed by atoms with Crippen LogP contribution in [0.1, 0.15) is 25.3 Å². The maximum absolute atomic E-state index is 12.9. The van der Waals surface area contributed by atoms with Gasteiger partial charge in [0.2, 0.25) is 5.91 Å². The summed E-state index contributed by atoms with van der Waals surface area (Å²) in [5.41, 5.74) is 1.07. The highest BCUT2D eigenvalue weighted by atomic mass is 19.1. The highest BCUT2D eigenvalue weighted by Gasteiger charge is 2.24. The summed E-state index contributed by atoms with van der Waals surface area (Å²) in [6.07, 6.45) is 1.83. The van der Waals surface area contributed by atoms with E-state index in [0.29, 0.717) is 12.6 Å². The fraction of sp³-hybridized carbons (Fsp3) is 0.588. The van der Waals surface area contributed by atoms with Gasteiger partial charge in [-0.15, -0.1) is 0 Å². The van der Waals surface area contributed by atoms with Gasteiger partial charge in [0.15, 0.2) is 0 Å². The molecule has 1 saturated heterocycles. The maximum Gasteiger partial charge on any atom is 0.223 e. The van der Waals surface area contributed by atoms with Crippen LogP contribution in [0.4, 0.5) is 4.39 Å². The van der Waals surface area contributed by atoms with Gasteiger partial charge in [-0.05, 0) is 51.1 Å². The Hall–Kier alpha value is -1.46. The predicted molar refractivity (Wildman–Crippen MR) is 85.9 cm³/mol. The zero-order valence-electron chi connectivity index (χ0n) is 13.4. The second-order valence-electron chi connectivity index (χ2n) is 6.23. The molecule has 4 nitrogen and oxygen atoms in total. The van der Waals surface area contributed by atoms with Crippen molar-refractivity contribution in [2.24, 2.45) is 5.92 Å². The van der Waals surface area contributed by atoms with E-state index in [1.54, 1.807) is 12.1 Å². The van der Waals surface area contributed by atoms with Gasteiger partial charge in [-0.1, -0.05) is 12.1 Å². The first-order chi connectivity index (χ1) is 10.5. The summed E-state index contributed by atoms with van der Waals surface area (Å²) in [6.45, 7) is 5.22. The third-order valence-corrected chi connectivity index (χ3v) is 4.15. The van der Waals surface area contributed by atoms with Gasteiger partial charge in [-0.2, -0.15) is 0 Å². The Morgan fingerprint density at radius 3 is 2.82 bits per heavy atom. The van der Waals surface area contributed by atoms with Gasteiger partial charge in [0.1, 0.15) is 5.82 Å². The Morgan fingerprint density at radius 1 is 1.41 bits per heavy atom. The first kappa shape index (κ1) is 16.9. The third kappa shape index (κ3) is 5.39. The first-order valence-corrected chi connectivity index (χ1v) is 7.98. The monoisotopic (exact) mass is 307 g/mol. The largest absolute Gasteiger partial charge is 0.355 e. The normalized spacial score (nSPS) is 21.8. The fourth-order valence-electron chi connectivity index (χ4n) is 2.86. The molecule has 22 heavy (non-hydrogen) atoms. The van der Waals surface area contributed by atoms with Crippen molar-refractivity contribution in [3.63, 3.8) is 0 Å². The van der Waals surface area contributed by atoms with Crippen molar-refractivity contribution in [2.45, 2.75) is 32.4 Å². The summed E-state index contributed by atoms with van der Waals surface area (Å²) < 4.78 is 12.9. The fourth-order valence-corrected chi connectivity index (χ4v) is 2.86. The molecule has 0 bridgehead atoms. The summed E-state index contributed by atoms with van der Waals surface area (Å²) in [7, 11) is 2.00. The lowest BCUT2D eigenvalue weighted by Crippen LogP contribution is -2.43. The molecule has 0 aromatic heterocycles. The van der Waals surface area contributed by atoms with Gasteiger partial charge in [0, 0.05) is 31.6 Å². The summed E-state index contributed by atoms with van der Waals surface area (Å²) in [5.74, 6) is 0.0945. The second-order valence-corrected chi connectivity index (χ2v) is 6.23. The lowest BCUT2D eigenvalue weighted by Gasteiger charge is -2.27. The van der Waals surface area contributed by atoms with Crippen molar-refractivity contribution in [2.75, 3.05) is 26.7 Å². The topological polar surface area (TPSA) is 44.4 Å². The highest BCUT2D eigenvalue weighted by molar-refractivity contribution is 5.78. The predicted octanol–water partition coefficient (Wildman–Crippen LogP) is 1.76. The van der Waals surface area contributed by atoms with Crippen LogP contribution in [0.5, 0.6) is 0 Å². The lowest BCUT2D eigenvalue weighted by atomic mass is 9.92. The number of carbonyl (C=O) groups excluding carboxylic acids is 1. The average Bonchev–Trinajstić information content (AvgIpc) is 2.49. The van der Waals surface area contributed by atoms with Crippen LogP contribution in [0, 0.1) is 11.7 Å². The van der Waals surface area contributed by atoms with Crippen molar-refractivity contribution >= 4 is 5.91 Å². The molecular formula is C17H26FN3O. The van der Waals surface area contributed by atoms with E-state index in [1.165, 1.54) is 12.1 Å². The van der Waals surface area contributed by atoms with Crippen LogP contribution >= 0.6 is 0 Å². The molecule has 0 radical (unpaired) electrons. The molecule has 0 unspecified atom stereocenters. The molecule has 2 atom stereocenters. The molecule has 122 valence electrons. The average molecular weight is 307 g/mol. The van der Waals surface area contributed by atoms with E-state index >= 15 is 0 Å². The number of likely N-dealkylation sites (N-methyl/N-ethyl adjacent to an activating group) is 1. The molecule has 1 aromatic carbocycles. The quantitative estimate of drug-likeness (QED) is 0.842. The smallest absolute Gasteiger partial charge is 0.223 e. The number of piperidine rings is 1. The van der Waals surface area contributed by atoms with Crippen molar-refractivity contribution in [1.82, 2.24) is 15.5 Å². The van der Waals surface area contributed by atoms with Crippen LogP contribution in [-0.2, 0) is 11.3 Å². The number of carbonyl (C=O) groups is 1.